The number of hydrogen-bond acceptors (Lipinski definition) is 3. The van der Waals surface area contributed by atoms with E-state index in [4.69, 9.17) is 23.2 Å². The van der Waals surface area contributed by atoms with Crippen LogP contribution in [0.4, 0.5) is 0 Å². The predicted octanol–water partition coefficient (Wildman–Crippen LogP) is 3.22. The number of halogens is 2. The van der Waals surface area contributed by atoms with Crippen molar-refractivity contribution in [2.75, 3.05) is 33.2 Å². The summed E-state index contributed by atoms with van der Waals surface area (Å²) in [4.78, 5) is 16.3. The van der Waals surface area contributed by atoms with Crippen molar-refractivity contribution < 1.29 is 9.90 Å². The van der Waals surface area contributed by atoms with Crippen LogP contribution < -0.4 is 0 Å². The minimum Gasteiger partial charge on any atom is -0.481 e. The first-order valence-electron chi connectivity index (χ1n) is 7.97. The Hall–Kier alpha value is -0.810. The van der Waals surface area contributed by atoms with E-state index in [2.05, 4.69) is 16.8 Å². The fourth-order valence-electron chi connectivity index (χ4n) is 4.00. The first kappa shape index (κ1) is 17.0. The molecule has 2 aliphatic rings. The largest absolute Gasteiger partial charge is 0.481 e. The second kappa shape index (κ2) is 6.60. The van der Waals surface area contributed by atoms with Crippen molar-refractivity contribution >= 4 is 29.2 Å². The molecule has 1 spiro atoms. The second-order valence-corrected chi connectivity index (χ2v) is 7.79. The van der Waals surface area contributed by atoms with Crippen molar-refractivity contribution in [1.82, 2.24) is 9.80 Å². The maximum atomic E-state index is 11.8. The van der Waals surface area contributed by atoms with Crippen LogP contribution in [0.2, 0.25) is 10.0 Å². The molecule has 2 fully saturated rings. The molecule has 2 saturated heterocycles. The molecule has 2 heterocycles. The summed E-state index contributed by atoms with van der Waals surface area (Å²) >= 11 is 12.1. The Kier molecular flexibility index (Phi) is 4.88. The molecule has 0 amide bonds. The van der Waals surface area contributed by atoms with Gasteiger partial charge in [-0.3, -0.25) is 9.69 Å². The number of carbonyl (C=O) groups is 1. The quantitative estimate of drug-likeness (QED) is 0.902. The minimum atomic E-state index is -0.661. The molecule has 1 aromatic carbocycles. The monoisotopic (exact) mass is 356 g/mol. The number of piperidine rings is 1. The van der Waals surface area contributed by atoms with Gasteiger partial charge in [-0.2, -0.15) is 0 Å². The van der Waals surface area contributed by atoms with Gasteiger partial charge in [-0.25, -0.2) is 0 Å². The Morgan fingerprint density at radius 1 is 1.30 bits per heavy atom. The molecule has 0 radical (unpaired) electrons. The number of carboxylic acid groups (broad SMARTS) is 1. The Morgan fingerprint density at radius 3 is 2.61 bits per heavy atom. The predicted molar refractivity (Wildman–Crippen MR) is 92.0 cm³/mol. The molecular formula is C17H22Cl2N2O2. The molecule has 23 heavy (non-hydrogen) atoms. The minimum absolute atomic E-state index is 0.0887. The normalized spacial score (nSPS) is 25.1. The number of aliphatic carboxylic acids is 1. The summed E-state index contributed by atoms with van der Waals surface area (Å²) in [7, 11) is 2.10. The summed E-state index contributed by atoms with van der Waals surface area (Å²) in [5, 5.41) is 10.8. The van der Waals surface area contributed by atoms with Gasteiger partial charge in [0, 0.05) is 25.0 Å². The number of rotatable bonds is 3. The van der Waals surface area contributed by atoms with Crippen LogP contribution in [0.5, 0.6) is 0 Å². The van der Waals surface area contributed by atoms with Crippen LogP contribution in [0.1, 0.15) is 18.4 Å². The fourth-order valence-corrected chi connectivity index (χ4v) is 4.32. The molecule has 4 nitrogen and oxygen atoms in total. The van der Waals surface area contributed by atoms with E-state index in [9.17, 15) is 9.90 Å². The first-order chi connectivity index (χ1) is 10.9. The zero-order chi connectivity index (χ0) is 16.6. The SMILES string of the molecule is CN1CCC2(CC1)CN(Cc1ccc(Cl)c(Cl)c1)C[C@H]2C(=O)O. The van der Waals surface area contributed by atoms with E-state index in [1.54, 1.807) is 6.07 Å². The molecule has 0 unspecified atom stereocenters. The van der Waals surface area contributed by atoms with Gasteiger partial charge in [-0.15, -0.1) is 0 Å². The summed E-state index contributed by atoms with van der Waals surface area (Å²) < 4.78 is 0. The van der Waals surface area contributed by atoms with Crippen LogP contribution in [-0.2, 0) is 11.3 Å². The molecular weight excluding hydrogens is 335 g/mol. The number of likely N-dealkylation sites (tertiary alicyclic amines) is 2. The molecule has 1 aromatic rings. The van der Waals surface area contributed by atoms with Gasteiger partial charge in [-0.05, 0) is 50.7 Å². The Labute approximate surface area is 147 Å². The molecule has 6 heteroatoms. The summed E-state index contributed by atoms with van der Waals surface area (Å²) in [5.41, 5.74) is 0.989. The second-order valence-electron chi connectivity index (χ2n) is 6.97. The highest BCUT2D eigenvalue weighted by Gasteiger charge is 2.50. The van der Waals surface area contributed by atoms with Crippen LogP contribution in [0.3, 0.4) is 0 Å². The van der Waals surface area contributed by atoms with Gasteiger partial charge in [0.2, 0.25) is 0 Å². The summed E-state index contributed by atoms with van der Waals surface area (Å²) in [6.07, 6.45) is 1.91. The average Bonchev–Trinajstić information content (AvgIpc) is 2.85. The lowest BCUT2D eigenvalue weighted by atomic mass is 9.71. The van der Waals surface area contributed by atoms with Gasteiger partial charge in [0.25, 0.3) is 0 Å². The van der Waals surface area contributed by atoms with Crippen molar-refractivity contribution in [3.8, 4) is 0 Å². The first-order valence-corrected chi connectivity index (χ1v) is 8.73. The highest BCUT2D eigenvalue weighted by molar-refractivity contribution is 6.42. The van der Waals surface area contributed by atoms with Crippen LogP contribution in [0.25, 0.3) is 0 Å². The van der Waals surface area contributed by atoms with Crippen LogP contribution in [0, 0.1) is 11.3 Å². The number of carboxylic acids is 1. The maximum absolute atomic E-state index is 11.8. The molecule has 2 aliphatic heterocycles. The van der Waals surface area contributed by atoms with Gasteiger partial charge in [0.1, 0.15) is 0 Å². The topological polar surface area (TPSA) is 43.8 Å². The standard InChI is InChI=1S/C17H22Cl2N2O2/c1-20-6-4-17(5-7-20)11-21(10-13(17)16(22)23)9-12-2-3-14(18)15(19)8-12/h2-3,8,13H,4-7,9-11H2,1H3,(H,22,23)/t13-/m0/s1. The van der Waals surface area contributed by atoms with E-state index >= 15 is 0 Å². The van der Waals surface area contributed by atoms with Crippen LogP contribution in [0.15, 0.2) is 18.2 Å². The van der Waals surface area contributed by atoms with E-state index in [0.29, 0.717) is 16.6 Å². The average molecular weight is 357 g/mol. The highest BCUT2D eigenvalue weighted by atomic mass is 35.5. The van der Waals surface area contributed by atoms with Crippen molar-refractivity contribution in [3.05, 3.63) is 33.8 Å². The summed E-state index contributed by atoms with van der Waals surface area (Å²) in [6.45, 7) is 4.13. The Bertz CT molecular complexity index is 600. The lowest BCUT2D eigenvalue weighted by molar-refractivity contribution is -0.145. The third-order valence-corrected chi connectivity index (χ3v) is 6.13. The number of benzene rings is 1. The Morgan fingerprint density at radius 2 is 2.00 bits per heavy atom. The smallest absolute Gasteiger partial charge is 0.308 e. The van der Waals surface area contributed by atoms with Crippen molar-refractivity contribution in [1.29, 1.82) is 0 Å². The fraction of sp³-hybridized carbons (Fsp3) is 0.588. The van der Waals surface area contributed by atoms with E-state index in [1.165, 1.54) is 0 Å². The summed E-state index contributed by atoms with van der Waals surface area (Å²) in [6, 6.07) is 5.64. The number of hydrogen-bond donors (Lipinski definition) is 1. The zero-order valence-corrected chi connectivity index (χ0v) is 14.8. The van der Waals surface area contributed by atoms with Gasteiger partial charge < -0.3 is 10.0 Å². The van der Waals surface area contributed by atoms with Crippen LogP contribution >= 0.6 is 23.2 Å². The van der Waals surface area contributed by atoms with Crippen molar-refractivity contribution in [2.24, 2.45) is 11.3 Å². The number of nitrogens with zero attached hydrogens (tertiary/aromatic N) is 2. The maximum Gasteiger partial charge on any atom is 0.308 e. The molecule has 0 bridgehead atoms. The van der Waals surface area contributed by atoms with Gasteiger partial charge in [-0.1, -0.05) is 29.3 Å². The van der Waals surface area contributed by atoms with Gasteiger partial charge in [0.05, 0.1) is 16.0 Å². The molecule has 0 aliphatic carbocycles. The van der Waals surface area contributed by atoms with E-state index < -0.39 is 5.97 Å². The lowest BCUT2D eigenvalue weighted by Crippen LogP contribution is -2.44. The van der Waals surface area contributed by atoms with E-state index in [-0.39, 0.29) is 11.3 Å². The van der Waals surface area contributed by atoms with E-state index in [0.717, 1.165) is 44.6 Å². The van der Waals surface area contributed by atoms with Crippen molar-refractivity contribution in [2.45, 2.75) is 19.4 Å². The summed E-state index contributed by atoms with van der Waals surface area (Å²) in [5.74, 6) is -0.940. The zero-order valence-electron chi connectivity index (χ0n) is 13.3. The molecule has 1 N–H and O–H groups in total. The van der Waals surface area contributed by atoms with Crippen molar-refractivity contribution in [3.63, 3.8) is 0 Å². The highest BCUT2D eigenvalue weighted by Crippen LogP contribution is 2.45. The molecule has 1 atom stereocenters. The molecule has 0 saturated carbocycles. The van der Waals surface area contributed by atoms with Gasteiger partial charge in [0.15, 0.2) is 0 Å². The Balaban J connectivity index is 1.75. The van der Waals surface area contributed by atoms with Crippen LogP contribution in [-0.4, -0.2) is 54.1 Å². The lowest BCUT2D eigenvalue weighted by Gasteiger charge is -2.40. The third kappa shape index (κ3) is 3.50. The molecule has 0 aromatic heterocycles. The van der Waals surface area contributed by atoms with E-state index in [1.807, 2.05) is 12.1 Å². The molecule has 3 rings (SSSR count). The van der Waals surface area contributed by atoms with Gasteiger partial charge >= 0.3 is 5.97 Å². The molecule has 126 valence electrons. The third-order valence-electron chi connectivity index (χ3n) is 5.39.